The first-order chi connectivity index (χ1) is 17.7. The molecule has 188 valence electrons. The molecule has 3 aromatic rings. The molecule has 7 nitrogen and oxygen atoms in total. The molecule has 1 unspecified atom stereocenters. The third-order valence-corrected chi connectivity index (χ3v) is 7.39. The van der Waals surface area contributed by atoms with Gasteiger partial charge < -0.3 is 20.4 Å². The number of allylic oxidation sites excluding steroid dienone is 1. The van der Waals surface area contributed by atoms with Gasteiger partial charge in [0.15, 0.2) is 0 Å². The third-order valence-electron chi connectivity index (χ3n) is 7.06. The van der Waals surface area contributed by atoms with Gasteiger partial charge in [-0.05, 0) is 67.6 Å². The number of aromatic hydroxyl groups is 1. The van der Waals surface area contributed by atoms with Gasteiger partial charge in [0.2, 0.25) is 0 Å². The van der Waals surface area contributed by atoms with Gasteiger partial charge in [0.05, 0.1) is 16.3 Å². The van der Waals surface area contributed by atoms with Crippen molar-refractivity contribution in [3.8, 4) is 5.75 Å². The zero-order valence-electron chi connectivity index (χ0n) is 20.1. The normalized spacial score (nSPS) is 18.3. The first-order valence-corrected chi connectivity index (χ1v) is 12.4. The van der Waals surface area contributed by atoms with E-state index in [2.05, 4.69) is 5.32 Å². The molecule has 0 radical (unpaired) electrons. The van der Waals surface area contributed by atoms with Gasteiger partial charge in [-0.25, -0.2) is 4.79 Å². The predicted molar refractivity (Wildman–Crippen MR) is 142 cm³/mol. The van der Waals surface area contributed by atoms with Crippen LogP contribution in [0.2, 0.25) is 5.02 Å². The summed E-state index contributed by atoms with van der Waals surface area (Å²) in [5.41, 5.74) is 3.65. The van der Waals surface area contributed by atoms with Crippen molar-refractivity contribution in [1.82, 2.24) is 0 Å². The van der Waals surface area contributed by atoms with E-state index in [1.807, 2.05) is 37.3 Å². The summed E-state index contributed by atoms with van der Waals surface area (Å²) in [7, 11) is 0. The first-order valence-electron chi connectivity index (χ1n) is 12.0. The smallest absolute Gasteiger partial charge is 0.331 e. The highest BCUT2D eigenvalue weighted by Gasteiger charge is 2.37. The second-order valence-electron chi connectivity index (χ2n) is 9.46. The number of hydrogen-bond acceptors (Lipinski definition) is 4. The van der Waals surface area contributed by atoms with E-state index in [9.17, 15) is 24.6 Å². The summed E-state index contributed by atoms with van der Waals surface area (Å²) in [5, 5.41) is 23.1. The van der Waals surface area contributed by atoms with E-state index in [1.54, 1.807) is 29.2 Å². The van der Waals surface area contributed by atoms with Crippen molar-refractivity contribution in [3.05, 3.63) is 99.6 Å². The minimum Gasteiger partial charge on any atom is -0.506 e. The van der Waals surface area contributed by atoms with Crippen LogP contribution < -0.4 is 10.2 Å². The highest BCUT2D eigenvalue weighted by molar-refractivity contribution is 6.34. The zero-order valence-corrected chi connectivity index (χ0v) is 20.8. The Morgan fingerprint density at radius 3 is 2.59 bits per heavy atom. The van der Waals surface area contributed by atoms with Crippen molar-refractivity contribution in [3.63, 3.8) is 0 Å². The Balaban J connectivity index is 1.40. The van der Waals surface area contributed by atoms with Crippen LogP contribution in [0.1, 0.15) is 50.6 Å². The quantitative estimate of drug-likeness (QED) is 0.381. The average Bonchev–Trinajstić information content (AvgIpc) is 3.25. The molecular formula is C29H25ClN2O5. The number of carboxylic acid groups (broad SMARTS) is 1. The highest BCUT2D eigenvalue weighted by atomic mass is 35.5. The number of fused-ring (bicyclic) bond motifs is 3. The number of phenolic OH excluding ortho intramolecular Hbond substituents is 1. The Labute approximate surface area is 219 Å². The number of amides is 2. The molecule has 2 atom stereocenters. The maximum atomic E-state index is 13.6. The number of nitrogens with one attached hydrogen (secondary N) is 1. The summed E-state index contributed by atoms with van der Waals surface area (Å²) in [4.78, 5) is 39.5. The zero-order chi connectivity index (χ0) is 26.3. The number of anilines is 2. The number of aryl methyl sites for hydroxylation is 1. The summed E-state index contributed by atoms with van der Waals surface area (Å²) in [6, 6.07) is 17.0. The fraction of sp³-hybridized carbons (Fsp3) is 0.207. The summed E-state index contributed by atoms with van der Waals surface area (Å²) >= 11 is 6.16. The SMILES string of the molecule is Cc1ccc(Cl)c(C(=O)Nc2ccc(C(=O)N3CCC4CC(C(=O)O)=C[C@@H]4c4ccccc43)cc2O)c1. The number of halogens is 1. The topological polar surface area (TPSA) is 107 Å². The van der Waals surface area contributed by atoms with Gasteiger partial charge in [0, 0.05) is 29.3 Å². The van der Waals surface area contributed by atoms with E-state index in [0.29, 0.717) is 30.0 Å². The number of rotatable bonds is 4. The van der Waals surface area contributed by atoms with Crippen LogP contribution in [0.4, 0.5) is 11.4 Å². The van der Waals surface area contributed by atoms with Crippen molar-refractivity contribution in [1.29, 1.82) is 0 Å². The van der Waals surface area contributed by atoms with Gasteiger partial charge in [-0.15, -0.1) is 0 Å². The minimum atomic E-state index is -0.897. The molecule has 3 N–H and O–H groups in total. The molecule has 0 fully saturated rings. The maximum Gasteiger partial charge on any atom is 0.331 e. The van der Waals surface area contributed by atoms with Gasteiger partial charge in [0.25, 0.3) is 11.8 Å². The lowest BCUT2D eigenvalue weighted by Crippen LogP contribution is -2.32. The number of para-hydroxylation sites is 1. The number of benzene rings is 3. The van der Waals surface area contributed by atoms with Crippen LogP contribution >= 0.6 is 11.6 Å². The number of aliphatic carboxylic acids is 1. The van der Waals surface area contributed by atoms with E-state index in [1.165, 1.54) is 12.1 Å². The average molecular weight is 517 g/mol. The van der Waals surface area contributed by atoms with Gasteiger partial charge in [-0.3, -0.25) is 9.59 Å². The highest BCUT2D eigenvalue weighted by Crippen LogP contribution is 2.46. The van der Waals surface area contributed by atoms with Crippen LogP contribution in [0, 0.1) is 12.8 Å². The van der Waals surface area contributed by atoms with E-state index in [4.69, 9.17) is 11.6 Å². The number of hydrogen-bond donors (Lipinski definition) is 3. The molecule has 0 spiro atoms. The molecule has 1 aliphatic carbocycles. The summed E-state index contributed by atoms with van der Waals surface area (Å²) in [5.74, 6) is -1.86. The summed E-state index contributed by atoms with van der Waals surface area (Å²) < 4.78 is 0. The summed E-state index contributed by atoms with van der Waals surface area (Å²) in [6.45, 7) is 2.27. The Morgan fingerprint density at radius 2 is 1.84 bits per heavy atom. The predicted octanol–water partition coefficient (Wildman–Crippen LogP) is 5.77. The van der Waals surface area contributed by atoms with Gasteiger partial charge in [-0.2, -0.15) is 0 Å². The standard InChI is InChI=1S/C29H25ClN2O5/c1-16-6-8-23(30)22(12-16)27(34)31-24-9-7-18(15-26(24)33)28(35)32-11-10-17-13-19(29(36)37)14-21(17)20-4-2-3-5-25(20)32/h2-9,12,14-15,17,21,33H,10-11,13H2,1H3,(H,31,34)(H,36,37)/t17?,21-/m0/s1. The Morgan fingerprint density at radius 1 is 1.05 bits per heavy atom. The lowest BCUT2D eigenvalue weighted by Gasteiger charge is -2.24. The van der Waals surface area contributed by atoms with Crippen LogP contribution in [-0.4, -0.2) is 34.5 Å². The van der Waals surface area contributed by atoms with E-state index >= 15 is 0 Å². The molecule has 8 heteroatoms. The fourth-order valence-corrected chi connectivity index (χ4v) is 5.39. The van der Waals surface area contributed by atoms with Crippen molar-refractivity contribution < 1.29 is 24.6 Å². The van der Waals surface area contributed by atoms with Crippen molar-refractivity contribution >= 4 is 40.8 Å². The minimum absolute atomic E-state index is 0.0699. The number of nitrogens with zero attached hydrogens (tertiary/aromatic N) is 1. The number of carbonyl (C=O) groups excluding carboxylic acids is 2. The maximum absolute atomic E-state index is 13.6. The molecule has 2 amide bonds. The molecule has 1 aliphatic heterocycles. The third kappa shape index (κ3) is 4.70. The molecule has 1 heterocycles. The van der Waals surface area contributed by atoms with Crippen molar-refractivity contribution in [2.24, 2.45) is 5.92 Å². The number of phenols is 1. The van der Waals surface area contributed by atoms with E-state index in [-0.39, 0.29) is 40.3 Å². The fourth-order valence-electron chi connectivity index (χ4n) is 5.18. The lowest BCUT2D eigenvalue weighted by molar-refractivity contribution is -0.132. The lowest BCUT2D eigenvalue weighted by atomic mass is 9.87. The molecule has 3 aromatic carbocycles. The Hall–Kier alpha value is -4.10. The second kappa shape index (κ2) is 9.75. The molecule has 0 bridgehead atoms. The van der Waals surface area contributed by atoms with Crippen LogP contribution in [-0.2, 0) is 4.79 Å². The van der Waals surface area contributed by atoms with Gasteiger partial charge in [-0.1, -0.05) is 47.5 Å². The first kappa shape index (κ1) is 24.6. The van der Waals surface area contributed by atoms with Crippen molar-refractivity contribution in [2.75, 3.05) is 16.8 Å². The molecule has 0 saturated heterocycles. The molecule has 0 aromatic heterocycles. The van der Waals surface area contributed by atoms with Gasteiger partial charge in [0.1, 0.15) is 5.75 Å². The monoisotopic (exact) mass is 516 g/mol. The number of carbonyl (C=O) groups is 3. The van der Waals surface area contributed by atoms with Crippen LogP contribution in [0.15, 0.2) is 72.3 Å². The van der Waals surface area contributed by atoms with Crippen LogP contribution in [0.5, 0.6) is 5.75 Å². The molecular weight excluding hydrogens is 492 g/mol. The second-order valence-corrected chi connectivity index (χ2v) is 9.87. The summed E-state index contributed by atoms with van der Waals surface area (Å²) in [6.07, 6.45) is 2.93. The Bertz CT molecular complexity index is 1460. The Kier molecular flexibility index (Phi) is 6.48. The van der Waals surface area contributed by atoms with Crippen molar-refractivity contribution in [2.45, 2.75) is 25.7 Å². The molecule has 2 aliphatic rings. The van der Waals surface area contributed by atoms with Gasteiger partial charge >= 0.3 is 5.97 Å². The molecule has 5 rings (SSSR count). The van der Waals surface area contributed by atoms with E-state index < -0.39 is 11.9 Å². The van der Waals surface area contributed by atoms with Crippen LogP contribution in [0.3, 0.4) is 0 Å². The van der Waals surface area contributed by atoms with Crippen LogP contribution in [0.25, 0.3) is 0 Å². The van der Waals surface area contributed by atoms with E-state index in [0.717, 1.165) is 16.8 Å². The number of carboxylic acids is 1. The molecule has 0 saturated carbocycles. The largest absolute Gasteiger partial charge is 0.506 e. The molecule has 37 heavy (non-hydrogen) atoms.